The van der Waals surface area contributed by atoms with Gasteiger partial charge in [-0.1, -0.05) is 103 Å². The van der Waals surface area contributed by atoms with E-state index in [4.69, 9.17) is 16.6 Å². The van der Waals surface area contributed by atoms with Crippen molar-refractivity contribution < 1.29 is 46.0 Å². The van der Waals surface area contributed by atoms with Crippen LogP contribution in [-0.4, -0.2) is 16.7 Å². The first-order valence-electron chi connectivity index (χ1n) is 14.0. The fourth-order valence-electron chi connectivity index (χ4n) is 5.33. The van der Waals surface area contributed by atoms with Crippen LogP contribution < -0.4 is 39.8 Å². The summed E-state index contributed by atoms with van der Waals surface area (Å²) in [6.45, 7) is 3.42. The number of aromatic nitrogens is 1. The SMILES string of the molecule is CC(C)([O-])c1ccccc1CC[C@@H](SCC1(CC(=O)[O-])CC1)c1cccc(/C=C/c2ccc3ccc(Cl)cc3n2)c1.[HH].[Na+]. The Bertz CT molecular complexity index is 1590. The largest absolute Gasteiger partial charge is 1.00 e. The summed E-state index contributed by atoms with van der Waals surface area (Å²) in [4.78, 5) is 16.1. The monoisotopic (exact) mass is 608 g/mol. The third kappa shape index (κ3) is 8.72. The van der Waals surface area contributed by atoms with Crippen LogP contribution in [-0.2, 0) is 16.8 Å². The van der Waals surface area contributed by atoms with Crippen molar-refractivity contribution in [1.29, 1.82) is 0 Å². The Kier molecular flexibility index (Phi) is 11.0. The Morgan fingerprint density at radius 1 is 1.07 bits per heavy atom. The molecule has 5 rings (SSSR count). The van der Waals surface area contributed by atoms with Crippen molar-refractivity contribution in [2.24, 2.45) is 5.41 Å². The van der Waals surface area contributed by atoms with Crippen LogP contribution in [0.4, 0.5) is 0 Å². The molecular weight excluding hydrogens is 573 g/mol. The van der Waals surface area contributed by atoms with Gasteiger partial charge in [-0.15, -0.1) is 0 Å². The third-order valence-corrected chi connectivity index (χ3v) is 9.74. The van der Waals surface area contributed by atoms with Gasteiger partial charge < -0.3 is 15.0 Å². The number of fused-ring (bicyclic) bond motifs is 1. The van der Waals surface area contributed by atoms with E-state index in [1.807, 2.05) is 66.4 Å². The van der Waals surface area contributed by atoms with Gasteiger partial charge >= 0.3 is 29.6 Å². The maximum absolute atomic E-state index is 12.8. The van der Waals surface area contributed by atoms with E-state index in [-0.39, 0.29) is 48.1 Å². The molecule has 7 heteroatoms. The minimum absolute atomic E-state index is 0. The summed E-state index contributed by atoms with van der Waals surface area (Å²) in [5, 5.41) is 26.1. The van der Waals surface area contributed by atoms with Crippen molar-refractivity contribution in [3.63, 3.8) is 0 Å². The van der Waals surface area contributed by atoms with E-state index in [0.717, 1.165) is 64.7 Å². The molecule has 4 aromatic rings. The van der Waals surface area contributed by atoms with Crippen LogP contribution in [0.15, 0.2) is 78.9 Å². The van der Waals surface area contributed by atoms with Crippen molar-refractivity contribution in [2.75, 3.05) is 5.75 Å². The van der Waals surface area contributed by atoms with Crippen LogP contribution in [0.1, 0.15) is 74.2 Å². The molecule has 3 aromatic carbocycles. The van der Waals surface area contributed by atoms with Crippen molar-refractivity contribution in [1.82, 2.24) is 4.98 Å². The zero-order valence-corrected chi connectivity index (χ0v) is 28.0. The topological polar surface area (TPSA) is 76.1 Å². The van der Waals surface area contributed by atoms with Crippen LogP contribution in [0.2, 0.25) is 5.02 Å². The molecule has 0 aliphatic heterocycles. The second-order valence-corrected chi connectivity index (χ2v) is 13.3. The Hall–Kier alpha value is -2.12. The van der Waals surface area contributed by atoms with Crippen LogP contribution in [0.5, 0.6) is 0 Å². The number of thioether (sulfide) groups is 1. The van der Waals surface area contributed by atoms with Gasteiger partial charge in [-0.05, 0) is 84.2 Å². The number of carboxylic acid groups (broad SMARTS) is 1. The Morgan fingerprint density at radius 2 is 1.83 bits per heavy atom. The molecule has 0 saturated heterocycles. The minimum atomic E-state index is -1.17. The average Bonchev–Trinajstić information content (AvgIpc) is 3.70. The summed E-state index contributed by atoms with van der Waals surface area (Å²) in [6.07, 6.45) is 7.68. The number of nitrogens with zero attached hydrogens (tertiary/aromatic N) is 1. The van der Waals surface area contributed by atoms with Crippen LogP contribution in [0.3, 0.4) is 0 Å². The number of rotatable bonds is 12. The summed E-state index contributed by atoms with van der Waals surface area (Å²) in [5.41, 5.74) is 4.56. The van der Waals surface area contributed by atoms with Gasteiger partial charge in [0, 0.05) is 23.1 Å². The smallest absolute Gasteiger partial charge is 0.846 e. The standard InChI is InChI=1S/C35H35ClNO3S.Na.H2/c1-34(2,40)30-9-4-3-7-25(30)13-17-32(41-23-35(18-19-35)22-33(38)39)27-8-5-6-24(20-27)10-15-29-16-12-26-11-14-28(36)21-31(26)37-29;;/h3-12,14-16,20-21,32H,13,17-19,22-23H2,1-2H3,(H,38,39);;1H/q-1;+1;/p-1/b15-10+;;/t32-;;/m1../s1. The van der Waals surface area contributed by atoms with Crippen molar-refractivity contribution in [3.8, 4) is 0 Å². The number of hydrogen-bond donors (Lipinski definition) is 0. The van der Waals surface area contributed by atoms with Crippen molar-refractivity contribution in [3.05, 3.63) is 112 Å². The van der Waals surface area contributed by atoms with Crippen molar-refractivity contribution >= 4 is 52.4 Å². The van der Waals surface area contributed by atoms with E-state index in [9.17, 15) is 15.0 Å². The predicted octanol–water partition coefficient (Wildman–Crippen LogP) is 4.23. The Morgan fingerprint density at radius 3 is 2.57 bits per heavy atom. The first kappa shape index (κ1) is 32.8. The van der Waals surface area contributed by atoms with E-state index in [1.54, 1.807) is 13.8 Å². The van der Waals surface area contributed by atoms with Gasteiger partial charge in [-0.2, -0.15) is 11.8 Å². The number of pyridine rings is 1. The second kappa shape index (κ2) is 14.1. The van der Waals surface area contributed by atoms with Gasteiger partial charge in [0.2, 0.25) is 0 Å². The molecule has 0 spiro atoms. The van der Waals surface area contributed by atoms with E-state index in [0.29, 0.717) is 5.02 Å². The van der Waals surface area contributed by atoms with E-state index >= 15 is 0 Å². The predicted molar refractivity (Wildman–Crippen MR) is 169 cm³/mol. The normalized spacial score (nSPS) is 15.0. The summed E-state index contributed by atoms with van der Waals surface area (Å²) in [7, 11) is 0. The molecule has 4 nitrogen and oxygen atoms in total. The van der Waals surface area contributed by atoms with E-state index < -0.39 is 11.6 Å². The molecule has 1 aromatic heterocycles. The number of aliphatic carboxylic acids is 1. The summed E-state index contributed by atoms with van der Waals surface area (Å²) >= 11 is 7.99. The molecule has 1 atom stereocenters. The molecular formula is C35H36ClNNaO3S-. The second-order valence-electron chi connectivity index (χ2n) is 11.6. The fourth-order valence-corrected chi connectivity index (χ4v) is 7.07. The number of hydrogen-bond acceptors (Lipinski definition) is 5. The third-order valence-electron chi connectivity index (χ3n) is 7.81. The number of halogens is 1. The van der Waals surface area contributed by atoms with Crippen LogP contribution in [0.25, 0.3) is 23.1 Å². The molecule has 42 heavy (non-hydrogen) atoms. The molecule has 0 radical (unpaired) electrons. The fraction of sp³-hybridized carbons (Fsp3) is 0.314. The molecule has 0 amide bonds. The number of carbonyl (C=O) groups is 1. The molecule has 1 fully saturated rings. The van der Waals surface area contributed by atoms with E-state index in [1.165, 1.54) is 5.56 Å². The summed E-state index contributed by atoms with van der Waals surface area (Å²) < 4.78 is 0. The number of carboxylic acids is 1. The Balaban J connectivity index is 0.00000253. The Labute approximate surface area is 281 Å². The van der Waals surface area contributed by atoms with Gasteiger partial charge in [0.25, 0.3) is 0 Å². The van der Waals surface area contributed by atoms with E-state index in [2.05, 4.69) is 36.4 Å². The van der Waals surface area contributed by atoms with Crippen LogP contribution in [0, 0.1) is 5.41 Å². The molecule has 1 heterocycles. The zero-order chi connectivity index (χ0) is 29.0. The molecule has 0 N–H and O–H groups in total. The van der Waals surface area contributed by atoms with Crippen LogP contribution >= 0.6 is 23.4 Å². The minimum Gasteiger partial charge on any atom is -0.846 e. The number of aryl methyl sites for hydroxylation is 1. The maximum Gasteiger partial charge on any atom is 1.00 e. The van der Waals surface area contributed by atoms with Gasteiger partial charge in [-0.3, -0.25) is 0 Å². The van der Waals surface area contributed by atoms with Gasteiger partial charge in [0.15, 0.2) is 0 Å². The molecule has 0 bridgehead atoms. The van der Waals surface area contributed by atoms with Crippen molar-refractivity contribution in [2.45, 2.75) is 56.8 Å². The molecule has 1 saturated carbocycles. The first-order chi connectivity index (χ1) is 19.6. The first-order valence-corrected chi connectivity index (χ1v) is 15.5. The molecule has 1 aliphatic rings. The molecule has 1 aliphatic carbocycles. The molecule has 0 unspecified atom stereocenters. The maximum atomic E-state index is 12.8. The van der Waals surface area contributed by atoms with Gasteiger partial charge in [0.05, 0.1) is 11.2 Å². The molecule has 214 valence electrons. The number of benzene rings is 3. The summed E-state index contributed by atoms with van der Waals surface area (Å²) in [6, 6.07) is 26.1. The number of carbonyl (C=O) groups excluding carboxylic acids is 1. The summed E-state index contributed by atoms with van der Waals surface area (Å²) in [5.74, 6) is -0.188. The van der Waals surface area contributed by atoms with Gasteiger partial charge in [-0.25, -0.2) is 4.98 Å². The zero-order valence-electron chi connectivity index (χ0n) is 24.4. The van der Waals surface area contributed by atoms with Gasteiger partial charge in [0.1, 0.15) is 0 Å². The quantitative estimate of drug-likeness (QED) is 0.225. The average molecular weight is 609 g/mol.